The lowest BCUT2D eigenvalue weighted by Gasteiger charge is -2.35. The highest BCUT2D eigenvalue weighted by Crippen LogP contribution is 2.47. The van der Waals surface area contributed by atoms with Crippen LogP contribution < -0.4 is 9.47 Å². The van der Waals surface area contributed by atoms with Crippen molar-refractivity contribution in [2.75, 3.05) is 13.7 Å². The Morgan fingerprint density at radius 3 is 2.52 bits per heavy atom. The van der Waals surface area contributed by atoms with Gasteiger partial charge in [0.2, 0.25) is 0 Å². The predicted molar refractivity (Wildman–Crippen MR) is 113 cm³/mol. The minimum atomic E-state index is -0.716. The molecule has 2 aliphatic rings. The fourth-order valence-electron chi connectivity index (χ4n) is 4.64. The molecule has 0 unspecified atom stereocenters. The van der Waals surface area contributed by atoms with Crippen LogP contribution in [0.25, 0.3) is 0 Å². The molecule has 154 valence electrons. The van der Waals surface area contributed by atoms with Gasteiger partial charge in [-0.05, 0) is 84.7 Å². The fourth-order valence-corrected chi connectivity index (χ4v) is 4.64. The molecule has 4 rings (SSSR count). The minimum Gasteiger partial charge on any atom is -0.497 e. The summed E-state index contributed by atoms with van der Waals surface area (Å²) < 4.78 is 11.4. The molecule has 2 saturated carbocycles. The molecular weight excluding hydrogens is 364 g/mol. The number of ether oxygens (including phenoxy) is 2. The average Bonchev–Trinajstić information content (AvgIpc) is 3.52. The molecule has 2 atom stereocenters. The summed E-state index contributed by atoms with van der Waals surface area (Å²) in [5, 5.41) is 9.49. The summed E-state index contributed by atoms with van der Waals surface area (Å²) in [7, 11) is 1.70. The van der Waals surface area contributed by atoms with E-state index in [9.17, 15) is 9.90 Å². The third-order valence-corrected chi connectivity index (χ3v) is 6.59. The van der Waals surface area contributed by atoms with Crippen molar-refractivity contribution >= 4 is 5.97 Å². The summed E-state index contributed by atoms with van der Waals surface area (Å²) in [4.78, 5) is 11.5. The van der Waals surface area contributed by atoms with Crippen LogP contribution in [0.1, 0.15) is 55.6 Å². The van der Waals surface area contributed by atoms with Gasteiger partial charge in [0.05, 0.1) is 19.6 Å². The lowest BCUT2D eigenvalue weighted by molar-refractivity contribution is -0.142. The minimum absolute atomic E-state index is 0.0807. The smallest absolute Gasteiger partial charge is 0.306 e. The van der Waals surface area contributed by atoms with E-state index < -0.39 is 5.97 Å². The second-order valence-corrected chi connectivity index (χ2v) is 8.68. The van der Waals surface area contributed by atoms with Crippen LogP contribution in [-0.2, 0) is 4.79 Å². The summed E-state index contributed by atoms with van der Waals surface area (Å²) >= 11 is 0. The summed E-state index contributed by atoms with van der Waals surface area (Å²) in [6.07, 6.45) is 4.52. The Kier molecular flexibility index (Phi) is 5.79. The first-order valence-corrected chi connectivity index (χ1v) is 10.6. The van der Waals surface area contributed by atoms with Gasteiger partial charge in [-0.3, -0.25) is 4.79 Å². The van der Waals surface area contributed by atoms with Crippen LogP contribution in [0.4, 0.5) is 0 Å². The number of methoxy groups -OCH3 is 1. The fraction of sp³-hybridized carbons (Fsp3) is 0.480. The Morgan fingerprint density at radius 2 is 1.83 bits per heavy atom. The lowest BCUT2D eigenvalue weighted by Crippen LogP contribution is -2.27. The van der Waals surface area contributed by atoms with Crippen LogP contribution in [0.2, 0.25) is 0 Å². The zero-order chi connectivity index (χ0) is 20.4. The van der Waals surface area contributed by atoms with Crippen molar-refractivity contribution in [3.63, 3.8) is 0 Å². The number of carboxylic acids is 1. The summed E-state index contributed by atoms with van der Waals surface area (Å²) in [5.74, 6) is 2.41. The van der Waals surface area contributed by atoms with Crippen molar-refractivity contribution < 1.29 is 19.4 Å². The quantitative estimate of drug-likeness (QED) is 0.612. The molecular formula is C25H30O4. The molecule has 2 aliphatic carbocycles. The Hall–Kier alpha value is -2.49. The normalized spacial score (nSPS) is 23.0. The molecule has 29 heavy (non-hydrogen) atoms. The van der Waals surface area contributed by atoms with Gasteiger partial charge in [0, 0.05) is 0 Å². The molecule has 0 aromatic heterocycles. The zero-order valence-corrected chi connectivity index (χ0v) is 17.2. The van der Waals surface area contributed by atoms with E-state index >= 15 is 0 Å². The number of carboxylic acid groups (broad SMARTS) is 1. The van der Waals surface area contributed by atoms with Gasteiger partial charge in [-0.25, -0.2) is 0 Å². The van der Waals surface area contributed by atoms with Crippen molar-refractivity contribution in [3.8, 4) is 11.5 Å². The van der Waals surface area contributed by atoms with Gasteiger partial charge in [0.15, 0.2) is 0 Å². The van der Waals surface area contributed by atoms with E-state index in [1.807, 2.05) is 25.1 Å². The van der Waals surface area contributed by atoms with Gasteiger partial charge >= 0.3 is 5.97 Å². The molecule has 2 fully saturated rings. The van der Waals surface area contributed by atoms with E-state index in [1.165, 1.54) is 5.56 Å². The van der Waals surface area contributed by atoms with Gasteiger partial charge in [-0.1, -0.05) is 31.2 Å². The molecule has 2 aromatic carbocycles. The van der Waals surface area contributed by atoms with Crippen molar-refractivity contribution in [2.24, 2.45) is 17.8 Å². The van der Waals surface area contributed by atoms with E-state index in [4.69, 9.17) is 9.47 Å². The zero-order valence-electron chi connectivity index (χ0n) is 17.2. The van der Waals surface area contributed by atoms with E-state index in [1.54, 1.807) is 7.11 Å². The molecule has 0 saturated heterocycles. The van der Waals surface area contributed by atoms with Crippen LogP contribution in [0.5, 0.6) is 11.5 Å². The lowest BCUT2D eigenvalue weighted by atomic mass is 9.72. The topological polar surface area (TPSA) is 55.8 Å². The number of carbonyl (C=O) groups is 1. The third kappa shape index (κ3) is 4.58. The second kappa shape index (κ2) is 8.48. The SMILES string of the molecule is COc1cccc(C2CC(COc3cccc([C@H](C4CC4)[C@H](C)C(=O)O)c3)C2)c1. The van der Waals surface area contributed by atoms with E-state index in [2.05, 4.69) is 30.3 Å². The first-order valence-electron chi connectivity index (χ1n) is 10.6. The Labute approximate surface area is 172 Å². The highest BCUT2D eigenvalue weighted by atomic mass is 16.5. The molecule has 4 heteroatoms. The second-order valence-electron chi connectivity index (χ2n) is 8.68. The van der Waals surface area contributed by atoms with E-state index in [0.29, 0.717) is 24.4 Å². The van der Waals surface area contributed by atoms with Gasteiger partial charge in [0.25, 0.3) is 0 Å². The monoisotopic (exact) mass is 394 g/mol. The van der Waals surface area contributed by atoms with E-state index in [0.717, 1.165) is 42.7 Å². The van der Waals surface area contributed by atoms with Crippen LogP contribution in [0.15, 0.2) is 48.5 Å². The van der Waals surface area contributed by atoms with E-state index in [-0.39, 0.29) is 11.8 Å². The van der Waals surface area contributed by atoms with Crippen LogP contribution in [0.3, 0.4) is 0 Å². The number of hydrogen-bond donors (Lipinski definition) is 1. The first kappa shape index (κ1) is 19.8. The first-order chi connectivity index (χ1) is 14.0. The van der Waals surface area contributed by atoms with Crippen LogP contribution in [-0.4, -0.2) is 24.8 Å². The van der Waals surface area contributed by atoms with Crippen molar-refractivity contribution in [2.45, 2.75) is 44.4 Å². The maximum Gasteiger partial charge on any atom is 0.306 e. The molecule has 0 amide bonds. The van der Waals surface area contributed by atoms with Crippen LogP contribution >= 0.6 is 0 Å². The Bertz CT molecular complexity index is 851. The molecule has 2 aromatic rings. The molecule has 0 spiro atoms. The number of hydrogen-bond acceptors (Lipinski definition) is 3. The largest absolute Gasteiger partial charge is 0.497 e. The summed E-state index contributed by atoms with van der Waals surface area (Å²) in [6.45, 7) is 2.54. The Balaban J connectivity index is 1.33. The van der Waals surface area contributed by atoms with Crippen molar-refractivity contribution in [1.29, 1.82) is 0 Å². The maximum absolute atomic E-state index is 11.5. The number of aliphatic carboxylic acids is 1. The predicted octanol–water partition coefficient (Wildman–Crippen LogP) is 5.48. The molecule has 0 aliphatic heterocycles. The van der Waals surface area contributed by atoms with Gasteiger partial charge in [-0.2, -0.15) is 0 Å². The number of rotatable bonds is 9. The molecule has 0 radical (unpaired) electrons. The van der Waals surface area contributed by atoms with Gasteiger partial charge < -0.3 is 14.6 Å². The maximum atomic E-state index is 11.5. The van der Waals surface area contributed by atoms with Gasteiger partial charge in [0.1, 0.15) is 11.5 Å². The van der Waals surface area contributed by atoms with Crippen molar-refractivity contribution in [1.82, 2.24) is 0 Å². The number of benzene rings is 2. The molecule has 1 N–H and O–H groups in total. The summed E-state index contributed by atoms with van der Waals surface area (Å²) in [6, 6.07) is 16.4. The van der Waals surface area contributed by atoms with Gasteiger partial charge in [-0.15, -0.1) is 0 Å². The van der Waals surface area contributed by atoms with Crippen molar-refractivity contribution in [3.05, 3.63) is 59.7 Å². The molecule has 0 bridgehead atoms. The van der Waals surface area contributed by atoms with Crippen LogP contribution in [0, 0.1) is 17.8 Å². The third-order valence-electron chi connectivity index (χ3n) is 6.59. The highest BCUT2D eigenvalue weighted by molar-refractivity contribution is 5.71. The molecule has 0 heterocycles. The Morgan fingerprint density at radius 1 is 1.10 bits per heavy atom. The average molecular weight is 395 g/mol. The summed E-state index contributed by atoms with van der Waals surface area (Å²) in [5.41, 5.74) is 2.44. The molecule has 4 nitrogen and oxygen atoms in total. The standard InChI is InChI=1S/C25H30O4/c1-16(25(26)27)24(18-9-10-18)20-6-4-8-23(14-20)29-15-17-11-21(12-17)19-5-3-7-22(13-19)28-2/h3-8,13-14,16-18,21,24H,9-12,15H2,1-2H3,(H,26,27)/t16-,17?,21?,24-/m0/s1. The highest BCUT2D eigenvalue weighted by Gasteiger charge is 2.38.